The normalized spacial score (nSPS) is 12.2. The molecule has 4 nitrogen and oxygen atoms in total. The molecule has 0 spiro atoms. The Labute approximate surface area is 96.5 Å². The Bertz CT molecular complexity index is 326. The summed E-state index contributed by atoms with van der Waals surface area (Å²) >= 11 is 0. The quantitative estimate of drug-likeness (QED) is 0.795. The zero-order valence-electron chi connectivity index (χ0n) is 9.89. The number of rotatable bonds is 5. The molecule has 0 aliphatic carbocycles. The third kappa shape index (κ3) is 3.98. The Hall–Kier alpha value is -1.42. The molecule has 88 valence electrons. The maximum absolute atomic E-state index is 11.8. The van der Waals surface area contributed by atoms with Gasteiger partial charge in [-0.2, -0.15) is 0 Å². The van der Waals surface area contributed by atoms with Crippen LogP contribution in [0.4, 0.5) is 0 Å². The monoisotopic (exact) mass is 221 g/mol. The number of carbonyl (C=O) groups is 1. The van der Waals surface area contributed by atoms with E-state index < -0.39 is 0 Å². The van der Waals surface area contributed by atoms with Crippen molar-refractivity contribution in [1.29, 1.82) is 0 Å². The highest BCUT2D eigenvalue weighted by Gasteiger charge is 2.12. The SMILES string of the molecule is CC(CN)CN(C)C(=O)Cc1ccccn1. The van der Waals surface area contributed by atoms with Gasteiger partial charge in [-0.1, -0.05) is 13.0 Å². The Balaban J connectivity index is 2.46. The van der Waals surface area contributed by atoms with Crippen molar-refractivity contribution in [1.82, 2.24) is 9.88 Å². The molecule has 16 heavy (non-hydrogen) atoms. The molecule has 1 unspecified atom stereocenters. The molecule has 0 bridgehead atoms. The largest absolute Gasteiger partial charge is 0.345 e. The van der Waals surface area contributed by atoms with Crippen molar-refractivity contribution in [2.45, 2.75) is 13.3 Å². The lowest BCUT2D eigenvalue weighted by molar-refractivity contribution is -0.129. The Morgan fingerprint density at radius 2 is 2.31 bits per heavy atom. The molecule has 0 aromatic carbocycles. The lowest BCUT2D eigenvalue weighted by Crippen LogP contribution is -2.34. The number of hydrogen-bond donors (Lipinski definition) is 1. The fourth-order valence-corrected chi connectivity index (χ4v) is 1.44. The van der Waals surface area contributed by atoms with Gasteiger partial charge in [0.1, 0.15) is 0 Å². The molecule has 0 fully saturated rings. The van der Waals surface area contributed by atoms with Crippen molar-refractivity contribution in [2.24, 2.45) is 11.7 Å². The van der Waals surface area contributed by atoms with Crippen LogP contribution in [0.2, 0.25) is 0 Å². The summed E-state index contributed by atoms with van der Waals surface area (Å²) in [5.41, 5.74) is 6.33. The maximum atomic E-state index is 11.8. The molecule has 1 amide bonds. The fourth-order valence-electron chi connectivity index (χ4n) is 1.44. The summed E-state index contributed by atoms with van der Waals surface area (Å²) in [5.74, 6) is 0.414. The van der Waals surface area contributed by atoms with Crippen LogP contribution in [-0.2, 0) is 11.2 Å². The predicted molar refractivity (Wildman–Crippen MR) is 63.8 cm³/mol. The van der Waals surface area contributed by atoms with Crippen LogP contribution in [0.15, 0.2) is 24.4 Å². The minimum absolute atomic E-state index is 0.0824. The van der Waals surface area contributed by atoms with Gasteiger partial charge in [0.2, 0.25) is 5.91 Å². The molecule has 0 radical (unpaired) electrons. The zero-order valence-corrected chi connectivity index (χ0v) is 9.89. The molecular weight excluding hydrogens is 202 g/mol. The van der Waals surface area contributed by atoms with Crippen LogP contribution in [0, 0.1) is 5.92 Å². The summed E-state index contributed by atoms with van der Waals surface area (Å²) in [5, 5.41) is 0. The maximum Gasteiger partial charge on any atom is 0.228 e. The molecule has 0 aliphatic heterocycles. The summed E-state index contributed by atoms with van der Waals surface area (Å²) in [6.45, 7) is 3.33. The molecule has 1 heterocycles. The summed E-state index contributed by atoms with van der Waals surface area (Å²) in [6, 6.07) is 5.59. The van der Waals surface area contributed by atoms with Gasteiger partial charge in [-0.25, -0.2) is 0 Å². The highest BCUT2D eigenvalue weighted by atomic mass is 16.2. The summed E-state index contributed by atoms with van der Waals surface area (Å²) < 4.78 is 0. The van der Waals surface area contributed by atoms with Gasteiger partial charge in [-0.15, -0.1) is 0 Å². The zero-order chi connectivity index (χ0) is 12.0. The molecule has 0 aliphatic rings. The van der Waals surface area contributed by atoms with E-state index in [-0.39, 0.29) is 5.91 Å². The van der Waals surface area contributed by atoms with Crippen molar-refractivity contribution >= 4 is 5.91 Å². The second-order valence-electron chi connectivity index (χ2n) is 4.11. The first-order chi connectivity index (χ1) is 7.63. The van der Waals surface area contributed by atoms with Gasteiger partial charge in [-0.05, 0) is 24.6 Å². The van der Waals surface area contributed by atoms with Gasteiger partial charge >= 0.3 is 0 Å². The number of aromatic nitrogens is 1. The summed E-state index contributed by atoms with van der Waals surface area (Å²) in [6.07, 6.45) is 2.06. The van der Waals surface area contributed by atoms with E-state index in [9.17, 15) is 4.79 Å². The Kier molecular flexibility index (Phi) is 4.92. The number of likely N-dealkylation sites (N-methyl/N-ethyl adjacent to an activating group) is 1. The molecule has 4 heteroatoms. The summed E-state index contributed by atoms with van der Waals surface area (Å²) in [7, 11) is 1.80. The van der Waals surface area contributed by atoms with E-state index in [2.05, 4.69) is 4.98 Å². The minimum Gasteiger partial charge on any atom is -0.345 e. The van der Waals surface area contributed by atoms with Gasteiger partial charge in [0.15, 0.2) is 0 Å². The Morgan fingerprint density at radius 1 is 1.56 bits per heavy atom. The fraction of sp³-hybridized carbons (Fsp3) is 0.500. The number of nitrogens with zero attached hydrogens (tertiary/aromatic N) is 2. The first kappa shape index (κ1) is 12.6. The van der Waals surface area contributed by atoms with E-state index in [0.717, 1.165) is 5.69 Å². The van der Waals surface area contributed by atoms with Crippen LogP contribution in [-0.4, -0.2) is 35.9 Å². The minimum atomic E-state index is 0.0824. The third-order valence-electron chi connectivity index (χ3n) is 2.47. The predicted octanol–water partition coefficient (Wildman–Crippen LogP) is 0.677. The average Bonchev–Trinajstić information content (AvgIpc) is 2.30. The highest BCUT2D eigenvalue weighted by molar-refractivity contribution is 5.78. The smallest absolute Gasteiger partial charge is 0.228 e. The molecule has 1 atom stereocenters. The van der Waals surface area contributed by atoms with Crippen LogP contribution in [0.3, 0.4) is 0 Å². The van der Waals surface area contributed by atoms with E-state index >= 15 is 0 Å². The molecule has 0 saturated carbocycles. The second-order valence-corrected chi connectivity index (χ2v) is 4.11. The van der Waals surface area contributed by atoms with Crippen LogP contribution in [0.5, 0.6) is 0 Å². The molecule has 1 aromatic rings. The molecular formula is C12H19N3O. The number of carbonyl (C=O) groups excluding carboxylic acids is 1. The van der Waals surface area contributed by atoms with Crippen molar-refractivity contribution in [3.05, 3.63) is 30.1 Å². The number of amides is 1. The van der Waals surface area contributed by atoms with Crippen LogP contribution in [0.25, 0.3) is 0 Å². The highest BCUT2D eigenvalue weighted by Crippen LogP contribution is 2.01. The van der Waals surface area contributed by atoms with Gasteiger partial charge in [-0.3, -0.25) is 9.78 Å². The second kappa shape index (κ2) is 6.23. The molecule has 1 aromatic heterocycles. The van der Waals surface area contributed by atoms with Crippen LogP contribution < -0.4 is 5.73 Å². The molecule has 1 rings (SSSR count). The molecule has 2 N–H and O–H groups in total. The van der Waals surface area contributed by atoms with Gasteiger partial charge < -0.3 is 10.6 Å². The number of pyridine rings is 1. The molecule has 0 saturated heterocycles. The Morgan fingerprint density at radius 3 is 2.88 bits per heavy atom. The first-order valence-electron chi connectivity index (χ1n) is 5.47. The van der Waals surface area contributed by atoms with Crippen molar-refractivity contribution in [3.63, 3.8) is 0 Å². The van der Waals surface area contributed by atoms with E-state index in [0.29, 0.717) is 25.4 Å². The van der Waals surface area contributed by atoms with Gasteiger partial charge in [0.25, 0.3) is 0 Å². The van der Waals surface area contributed by atoms with Crippen molar-refractivity contribution < 1.29 is 4.79 Å². The van der Waals surface area contributed by atoms with Crippen molar-refractivity contribution in [2.75, 3.05) is 20.1 Å². The summed E-state index contributed by atoms with van der Waals surface area (Å²) in [4.78, 5) is 17.7. The topological polar surface area (TPSA) is 59.2 Å². The van der Waals surface area contributed by atoms with Gasteiger partial charge in [0, 0.05) is 25.5 Å². The lowest BCUT2D eigenvalue weighted by atomic mass is 10.1. The number of nitrogens with two attached hydrogens (primary N) is 1. The average molecular weight is 221 g/mol. The van der Waals surface area contributed by atoms with E-state index in [1.54, 1.807) is 18.1 Å². The number of hydrogen-bond acceptors (Lipinski definition) is 3. The lowest BCUT2D eigenvalue weighted by Gasteiger charge is -2.20. The first-order valence-corrected chi connectivity index (χ1v) is 5.47. The van der Waals surface area contributed by atoms with E-state index in [4.69, 9.17) is 5.73 Å². The van der Waals surface area contributed by atoms with Gasteiger partial charge in [0.05, 0.1) is 6.42 Å². The third-order valence-corrected chi connectivity index (χ3v) is 2.47. The standard InChI is InChI=1S/C12H19N3O/c1-10(8-13)9-15(2)12(16)7-11-5-3-4-6-14-11/h3-6,10H,7-9,13H2,1-2H3. The van der Waals surface area contributed by atoms with Crippen molar-refractivity contribution in [3.8, 4) is 0 Å². The van der Waals surface area contributed by atoms with Crippen LogP contribution >= 0.6 is 0 Å². The van der Waals surface area contributed by atoms with Crippen LogP contribution in [0.1, 0.15) is 12.6 Å². The van der Waals surface area contributed by atoms with E-state index in [1.807, 2.05) is 25.1 Å². The van der Waals surface area contributed by atoms with E-state index in [1.165, 1.54) is 0 Å².